The van der Waals surface area contributed by atoms with Gasteiger partial charge in [0, 0.05) is 33.4 Å². The summed E-state index contributed by atoms with van der Waals surface area (Å²) in [6.45, 7) is 11.8. The summed E-state index contributed by atoms with van der Waals surface area (Å²) in [7, 11) is 0. The molecule has 0 saturated heterocycles. The van der Waals surface area contributed by atoms with Gasteiger partial charge < -0.3 is 18.9 Å². The lowest BCUT2D eigenvalue weighted by molar-refractivity contribution is 0.305. The third-order valence-electron chi connectivity index (χ3n) is 11.5. The van der Waals surface area contributed by atoms with Crippen LogP contribution in [0, 0.1) is 47.4 Å². The number of unbranched alkanes of at least 4 members (excludes halogenated alkanes) is 12. The average Bonchev–Trinajstić information content (AvgIpc) is 4.00. The first-order chi connectivity index (χ1) is 34.5. The quantitative estimate of drug-likeness (QED) is 0.0423. The topological polar surface area (TPSA) is 36.9 Å². The van der Waals surface area contributed by atoms with Gasteiger partial charge in [-0.1, -0.05) is 152 Å². The molecule has 2 heterocycles. The normalized spacial score (nSPS) is 10.4. The van der Waals surface area contributed by atoms with Crippen molar-refractivity contribution < 1.29 is 18.9 Å². The number of rotatable bonds is 25. The molecule has 0 N–H and O–H groups in total. The molecule has 0 unspecified atom stereocenters. The molecule has 0 amide bonds. The maximum Gasteiger partial charge on any atom is 0.119 e. The van der Waals surface area contributed by atoms with Gasteiger partial charge in [0.15, 0.2) is 0 Å². The van der Waals surface area contributed by atoms with Crippen molar-refractivity contribution in [2.45, 2.75) is 130 Å². The van der Waals surface area contributed by atoms with Crippen LogP contribution in [0.15, 0.2) is 109 Å². The zero-order valence-electron chi connectivity index (χ0n) is 42.0. The first kappa shape index (κ1) is 53.1. The lowest BCUT2D eigenvalue weighted by atomic mass is 10.1. The van der Waals surface area contributed by atoms with Crippen LogP contribution in [-0.4, -0.2) is 26.4 Å². The molecule has 0 radical (unpaired) electrons. The van der Waals surface area contributed by atoms with E-state index in [0.29, 0.717) is 0 Å². The van der Waals surface area contributed by atoms with E-state index in [1.807, 2.05) is 97.1 Å². The first-order valence-electron chi connectivity index (χ1n) is 25.8. The van der Waals surface area contributed by atoms with E-state index in [4.69, 9.17) is 18.9 Å². The fraction of sp³-hybridized carbons (Fsp3) is 0.375. The fourth-order valence-electron chi connectivity index (χ4n) is 7.39. The molecule has 70 heavy (non-hydrogen) atoms. The van der Waals surface area contributed by atoms with Crippen LogP contribution in [0.5, 0.6) is 23.0 Å². The van der Waals surface area contributed by atoms with Crippen molar-refractivity contribution >= 4 is 22.7 Å². The molecule has 0 bridgehead atoms. The summed E-state index contributed by atoms with van der Waals surface area (Å²) in [5.41, 5.74) is 5.46. The van der Waals surface area contributed by atoms with E-state index in [1.54, 1.807) is 22.7 Å². The Balaban J connectivity index is 1.31. The van der Waals surface area contributed by atoms with E-state index in [0.717, 1.165) is 128 Å². The first-order valence-corrected chi connectivity index (χ1v) is 27.4. The third kappa shape index (κ3) is 18.9. The Morgan fingerprint density at radius 1 is 0.300 bits per heavy atom. The molecule has 4 aromatic carbocycles. The van der Waals surface area contributed by atoms with Gasteiger partial charge in [-0.15, -0.1) is 22.7 Å². The standard InChI is InChI=1S/C64H70O4S2/c1-5-9-13-17-45-65-57-35-23-51(24-36-57)21-33-55-49-61(43-31-53-27-39-59(40-28-53)67-47-19-15-11-7-3)69-63(55)64-56(34-22-52-25-37-58(38-26-52)66-46-18-14-10-6-2)50-62(70-64)44-32-54-29-41-60(42-30-54)68-48-20-16-12-8-4/h23-30,35-42,49-50H,5-20,45-48H2,1-4H3. The second-order valence-electron chi connectivity index (χ2n) is 17.4. The van der Waals surface area contributed by atoms with E-state index in [-0.39, 0.29) is 0 Å². The van der Waals surface area contributed by atoms with Crippen LogP contribution in [0.2, 0.25) is 0 Å². The van der Waals surface area contributed by atoms with Gasteiger partial charge in [-0.3, -0.25) is 0 Å². The van der Waals surface area contributed by atoms with E-state index in [2.05, 4.69) is 87.2 Å². The SMILES string of the molecule is CCCCCCOc1ccc(C#Cc2cc(C#Cc3ccc(OCCCCCC)cc3)c(-c3sc(C#Cc4ccc(OCCCCCC)cc4)cc3C#Cc3ccc(OCCCCCC)cc3)s2)cc1. The van der Waals surface area contributed by atoms with E-state index < -0.39 is 0 Å². The second kappa shape index (κ2) is 31.0. The van der Waals surface area contributed by atoms with Crippen molar-refractivity contribution in [1.29, 1.82) is 0 Å². The third-order valence-corrected chi connectivity index (χ3v) is 13.8. The molecule has 0 atom stereocenters. The van der Waals surface area contributed by atoms with Crippen LogP contribution < -0.4 is 18.9 Å². The minimum Gasteiger partial charge on any atom is -0.494 e. The molecule has 2 aromatic heterocycles. The Hall–Kier alpha value is -6.28. The molecular weight excluding hydrogens is 897 g/mol. The molecule has 0 aliphatic heterocycles. The highest BCUT2D eigenvalue weighted by Gasteiger charge is 2.16. The second-order valence-corrected chi connectivity index (χ2v) is 19.5. The van der Waals surface area contributed by atoms with Gasteiger partial charge in [0.2, 0.25) is 0 Å². The highest BCUT2D eigenvalue weighted by molar-refractivity contribution is 7.23. The summed E-state index contributed by atoms with van der Waals surface area (Å²) < 4.78 is 24.1. The molecular formula is C64H70O4S2. The zero-order valence-corrected chi connectivity index (χ0v) is 43.6. The lowest BCUT2D eigenvalue weighted by Gasteiger charge is -2.05. The number of hydrogen-bond acceptors (Lipinski definition) is 6. The van der Waals surface area contributed by atoms with E-state index in [9.17, 15) is 0 Å². The smallest absolute Gasteiger partial charge is 0.119 e. The van der Waals surface area contributed by atoms with Crippen molar-refractivity contribution in [3.05, 3.63) is 152 Å². The maximum atomic E-state index is 6.03. The van der Waals surface area contributed by atoms with Gasteiger partial charge in [0.25, 0.3) is 0 Å². The number of ether oxygens (including phenoxy) is 4. The van der Waals surface area contributed by atoms with Gasteiger partial charge in [-0.05, 0) is 135 Å². The van der Waals surface area contributed by atoms with E-state index >= 15 is 0 Å². The zero-order chi connectivity index (χ0) is 48.9. The minimum absolute atomic E-state index is 0.724. The summed E-state index contributed by atoms with van der Waals surface area (Å²) in [4.78, 5) is 3.87. The fourth-order valence-corrected chi connectivity index (χ4v) is 9.48. The largest absolute Gasteiger partial charge is 0.494 e. The molecule has 0 fully saturated rings. The Morgan fingerprint density at radius 2 is 0.557 bits per heavy atom. The highest BCUT2D eigenvalue weighted by atomic mass is 32.1. The summed E-state index contributed by atoms with van der Waals surface area (Å²) in [5, 5.41) is 0. The van der Waals surface area contributed by atoms with Crippen molar-refractivity contribution in [3.8, 4) is 80.1 Å². The monoisotopic (exact) mass is 966 g/mol. The van der Waals surface area contributed by atoms with Crippen molar-refractivity contribution in [3.63, 3.8) is 0 Å². The molecule has 0 aliphatic carbocycles. The molecule has 6 heteroatoms. The summed E-state index contributed by atoms with van der Waals surface area (Å²) in [5.74, 6) is 31.2. The number of thiophene rings is 2. The van der Waals surface area contributed by atoms with Crippen LogP contribution in [-0.2, 0) is 0 Å². The van der Waals surface area contributed by atoms with Crippen LogP contribution in [0.4, 0.5) is 0 Å². The van der Waals surface area contributed by atoms with Crippen molar-refractivity contribution in [2.75, 3.05) is 26.4 Å². The average molecular weight is 967 g/mol. The maximum absolute atomic E-state index is 6.03. The van der Waals surface area contributed by atoms with Crippen LogP contribution in [0.25, 0.3) is 9.75 Å². The summed E-state index contributed by atoms with van der Waals surface area (Å²) in [6.07, 6.45) is 18.8. The number of benzene rings is 4. The van der Waals surface area contributed by atoms with Crippen molar-refractivity contribution in [2.24, 2.45) is 0 Å². The highest BCUT2D eigenvalue weighted by Crippen LogP contribution is 2.40. The molecule has 0 spiro atoms. The lowest BCUT2D eigenvalue weighted by Crippen LogP contribution is -1.96. The van der Waals surface area contributed by atoms with E-state index in [1.165, 1.54) is 77.0 Å². The number of hydrogen-bond donors (Lipinski definition) is 0. The molecule has 4 nitrogen and oxygen atoms in total. The Kier molecular flexibility index (Phi) is 23.5. The minimum atomic E-state index is 0.724. The predicted molar refractivity (Wildman–Crippen MR) is 296 cm³/mol. The Bertz CT molecular complexity index is 2520. The van der Waals surface area contributed by atoms with Gasteiger partial charge in [-0.2, -0.15) is 0 Å². The predicted octanol–water partition coefficient (Wildman–Crippen LogP) is 16.9. The summed E-state index contributed by atoms with van der Waals surface area (Å²) >= 11 is 3.28. The molecule has 6 aromatic rings. The van der Waals surface area contributed by atoms with Crippen LogP contribution >= 0.6 is 22.7 Å². The van der Waals surface area contributed by atoms with Crippen LogP contribution in [0.1, 0.15) is 174 Å². The van der Waals surface area contributed by atoms with Gasteiger partial charge in [0.1, 0.15) is 23.0 Å². The Labute approximate surface area is 428 Å². The molecule has 362 valence electrons. The summed E-state index contributed by atoms with van der Waals surface area (Å²) in [6, 6.07) is 36.5. The van der Waals surface area contributed by atoms with Crippen molar-refractivity contribution in [1.82, 2.24) is 0 Å². The molecule has 0 aliphatic rings. The van der Waals surface area contributed by atoms with Gasteiger partial charge in [0.05, 0.1) is 45.9 Å². The van der Waals surface area contributed by atoms with Crippen LogP contribution in [0.3, 0.4) is 0 Å². The Morgan fingerprint density at radius 3 is 0.814 bits per heavy atom. The molecule has 0 saturated carbocycles. The van der Waals surface area contributed by atoms with Gasteiger partial charge >= 0.3 is 0 Å². The molecule has 6 rings (SSSR count). The van der Waals surface area contributed by atoms with Gasteiger partial charge in [-0.25, -0.2) is 0 Å².